The number of hydrogen-bond acceptors (Lipinski definition) is 6. The van der Waals surface area contributed by atoms with E-state index in [9.17, 15) is 4.79 Å². The Balaban J connectivity index is 1.35. The molecule has 8 heteroatoms. The van der Waals surface area contributed by atoms with Gasteiger partial charge in [0.2, 0.25) is 5.17 Å². The van der Waals surface area contributed by atoms with Crippen molar-refractivity contribution >= 4 is 39.8 Å². The molecule has 2 aromatic rings. The van der Waals surface area contributed by atoms with E-state index in [1.54, 1.807) is 6.08 Å². The van der Waals surface area contributed by atoms with Crippen LogP contribution in [-0.4, -0.2) is 40.2 Å². The van der Waals surface area contributed by atoms with Crippen molar-refractivity contribution in [1.29, 1.82) is 5.41 Å². The SMILES string of the molecule is Cc1ccc(OCCOc2ccc(/C=C3/C(=N)N4N=C(CC(C)C)SC4=NC3=O)cc2)cc1. The second kappa shape index (κ2) is 10.0. The molecule has 2 aliphatic rings. The standard InChI is InChI=1S/C25H26N4O3S/c1-16(2)14-22-28-29-23(26)21(24(30)27-25(29)33-22)15-18-6-10-20(11-7-18)32-13-12-31-19-8-4-17(3)5-9-19/h4-11,15-16,26H,12-14H2,1-3H3/b21-15-,26-23?. The van der Waals surface area contributed by atoms with Crippen LogP contribution < -0.4 is 9.47 Å². The van der Waals surface area contributed by atoms with Gasteiger partial charge in [-0.2, -0.15) is 15.1 Å². The number of benzene rings is 2. The molecule has 0 saturated carbocycles. The summed E-state index contributed by atoms with van der Waals surface area (Å²) in [5.74, 6) is 1.58. The van der Waals surface area contributed by atoms with Crippen LogP contribution in [0.1, 0.15) is 31.4 Å². The highest BCUT2D eigenvalue weighted by Gasteiger charge is 2.35. The molecule has 0 spiro atoms. The van der Waals surface area contributed by atoms with E-state index in [0.29, 0.717) is 30.0 Å². The number of carbonyl (C=O) groups is 1. The van der Waals surface area contributed by atoms with E-state index in [1.807, 2.05) is 55.5 Å². The zero-order valence-corrected chi connectivity index (χ0v) is 19.7. The molecule has 0 saturated heterocycles. The van der Waals surface area contributed by atoms with Crippen LogP contribution in [-0.2, 0) is 4.79 Å². The number of thioether (sulfide) groups is 1. The zero-order chi connectivity index (χ0) is 23.4. The average Bonchev–Trinajstić information content (AvgIpc) is 3.18. The van der Waals surface area contributed by atoms with E-state index >= 15 is 0 Å². The highest BCUT2D eigenvalue weighted by atomic mass is 32.2. The Hall–Kier alpha value is -3.39. The molecule has 4 rings (SSSR count). The van der Waals surface area contributed by atoms with E-state index < -0.39 is 5.91 Å². The molecule has 0 bridgehead atoms. The van der Waals surface area contributed by atoms with Gasteiger partial charge in [0.05, 0.1) is 5.57 Å². The molecule has 2 aliphatic heterocycles. The molecule has 170 valence electrons. The van der Waals surface area contributed by atoms with Gasteiger partial charge in [-0.15, -0.1) is 0 Å². The van der Waals surface area contributed by atoms with E-state index in [0.717, 1.165) is 22.8 Å². The Labute approximate surface area is 197 Å². The lowest BCUT2D eigenvalue weighted by atomic mass is 10.1. The first-order valence-corrected chi connectivity index (χ1v) is 11.6. The van der Waals surface area contributed by atoms with Gasteiger partial charge in [-0.05, 0) is 60.5 Å². The van der Waals surface area contributed by atoms with Gasteiger partial charge in [-0.3, -0.25) is 10.2 Å². The molecular formula is C25H26N4O3S. The number of aliphatic imine (C=N–C) groups is 1. The smallest absolute Gasteiger partial charge is 0.283 e. The number of rotatable bonds is 8. The Morgan fingerprint density at radius 1 is 1.03 bits per heavy atom. The van der Waals surface area contributed by atoms with Gasteiger partial charge in [0.15, 0.2) is 5.84 Å². The largest absolute Gasteiger partial charge is 0.490 e. The van der Waals surface area contributed by atoms with Gasteiger partial charge >= 0.3 is 0 Å². The number of amides is 1. The summed E-state index contributed by atoms with van der Waals surface area (Å²) in [4.78, 5) is 16.7. The van der Waals surface area contributed by atoms with Crippen LogP contribution in [0.3, 0.4) is 0 Å². The average molecular weight is 463 g/mol. The molecule has 0 radical (unpaired) electrons. The van der Waals surface area contributed by atoms with Crippen LogP contribution >= 0.6 is 11.8 Å². The predicted molar refractivity (Wildman–Crippen MR) is 133 cm³/mol. The number of hydrazone groups is 1. The van der Waals surface area contributed by atoms with Gasteiger partial charge in [0.25, 0.3) is 5.91 Å². The van der Waals surface area contributed by atoms with Gasteiger partial charge in [0, 0.05) is 6.42 Å². The van der Waals surface area contributed by atoms with Gasteiger partial charge < -0.3 is 9.47 Å². The summed E-state index contributed by atoms with van der Waals surface area (Å²) in [6, 6.07) is 15.2. The highest BCUT2D eigenvalue weighted by molar-refractivity contribution is 8.26. The van der Waals surface area contributed by atoms with Crippen molar-refractivity contribution in [1.82, 2.24) is 5.01 Å². The van der Waals surface area contributed by atoms with Gasteiger partial charge in [-0.1, -0.05) is 43.7 Å². The lowest BCUT2D eigenvalue weighted by Gasteiger charge is -2.20. The number of hydrogen-bond donors (Lipinski definition) is 1. The monoisotopic (exact) mass is 462 g/mol. The Kier molecular flexibility index (Phi) is 6.93. The van der Waals surface area contributed by atoms with Crippen molar-refractivity contribution < 1.29 is 14.3 Å². The Morgan fingerprint density at radius 2 is 1.64 bits per heavy atom. The summed E-state index contributed by atoms with van der Waals surface area (Å²) in [6.07, 6.45) is 2.45. The van der Waals surface area contributed by atoms with Crippen molar-refractivity contribution in [3.63, 3.8) is 0 Å². The fourth-order valence-electron chi connectivity index (χ4n) is 3.24. The second-order valence-corrected chi connectivity index (χ2v) is 9.23. The van der Waals surface area contributed by atoms with Crippen LogP contribution in [0, 0.1) is 18.3 Å². The molecule has 0 unspecified atom stereocenters. The normalized spacial score (nSPS) is 16.7. The van der Waals surface area contributed by atoms with Gasteiger partial charge in [-0.25, -0.2) is 0 Å². The molecule has 0 aliphatic carbocycles. The van der Waals surface area contributed by atoms with Crippen molar-refractivity contribution in [3.05, 3.63) is 65.2 Å². The molecule has 1 N–H and O–H groups in total. The number of fused-ring (bicyclic) bond motifs is 1. The molecule has 0 atom stereocenters. The summed E-state index contributed by atoms with van der Waals surface area (Å²) in [5.41, 5.74) is 2.19. The number of nitrogens with zero attached hydrogens (tertiary/aromatic N) is 3. The second-order valence-electron chi connectivity index (χ2n) is 8.19. The van der Waals surface area contributed by atoms with Gasteiger partial charge in [0.1, 0.15) is 29.8 Å². The summed E-state index contributed by atoms with van der Waals surface area (Å²) in [7, 11) is 0. The number of nitrogens with one attached hydrogen (secondary N) is 1. The summed E-state index contributed by atoms with van der Waals surface area (Å²) in [6.45, 7) is 7.10. The third kappa shape index (κ3) is 5.70. The quantitative estimate of drug-likeness (QED) is 0.435. The van der Waals surface area contributed by atoms with Crippen LogP contribution in [0.15, 0.2) is 64.2 Å². The highest BCUT2D eigenvalue weighted by Crippen LogP contribution is 2.30. The maximum absolute atomic E-state index is 12.5. The Morgan fingerprint density at radius 3 is 2.24 bits per heavy atom. The number of amidine groups is 2. The van der Waals surface area contributed by atoms with Crippen LogP contribution in [0.4, 0.5) is 0 Å². The molecular weight excluding hydrogens is 436 g/mol. The third-order valence-electron chi connectivity index (χ3n) is 4.91. The molecule has 1 amide bonds. The van der Waals surface area contributed by atoms with Crippen LogP contribution in [0.25, 0.3) is 6.08 Å². The minimum absolute atomic E-state index is 0.0461. The number of aryl methyl sites for hydroxylation is 1. The van der Waals surface area contributed by atoms with Crippen molar-refractivity contribution in [3.8, 4) is 11.5 Å². The molecule has 7 nitrogen and oxygen atoms in total. The summed E-state index contributed by atoms with van der Waals surface area (Å²) >= 11 is 1.36. The van der Waals surface area contributed by atoms with E-state index in [4.69, 9.17) is 14.9 Å². The van der Waals surface area contributed by atoms with E-state index in [-0.39, 0.29) is 11.4 Å². The number of carbonyl (C=O) groups excluding carboxylic acids is 1. The molecule has 0 aromatic heterocycles. The lowest BCUT2D eigenvalue weighted by molar-refractivity contribution is -0.114. The summed E-state index contributed by atoms with van der Waals surface area (Å²) < 4.78 is 11.4. The minimum Gasteiger partial charge on any atom is -0.490 e. The van der Waals surface area contributed by atoms with Crippen LogP contribution in [0.2, 0.25) is 0 Å². The molecule has 2 heterocycles. The Bertz CT molecular complexity index is 1140. The first kappa shape index (κ1) is 22.8. The maximum Gasteiger partial charge on any atom is 0.283 e. The van der Waals surface area contributed by atoms with E-state index in [2.05, 4.69) is 23.9 Å². The van der Waals surface area contributed by atoms with E-state index in [1.165, 1.54) is 22.3 Å². The number of ether oxygens (including phenoxy) is 2. The fourth-order valence-corrected chi connectivity index (χ4v) is 4.34. The first-order valence-electron chi connectivity index (χ1n) is 10.8. The fraction of sp³-hybridized carbons (Fsp3) is 0.280. The van der Waals surface area contributed by atoms with Crippen LogP contribution in [0.5, 0.6) is 11.5 Å². The van der Waals surface area contributed by atoms with Crippen molar-refractivity contribution in [2.75, 3.05) is 13.2 Å². The zero-order valence-electron chi connectivity index (χ0n) is 18.9. The first-order chi connectivity index (χ1) is 15.9. The third-order valence-corrected chi connectivity index (χ3v) is 5.84. The minimum atomic E-state index is -0.423. The molecule has 0 fully saturated rings. The molecule has 2 aromatic carbocycles. The van der Waals surface area contributed by atoms with Crippen molar-refractivity contribution in [2.45, 2.75) is 27.2 Å². The predicted octanol–water partition coefficient (Wildman–Crippen LogP) is 5.12. The topological polar surface area (TPSA) is 87.3 Å². The lowest BCUT2D eigenvalue weighted by Crippen LogP contribution is -2.35. The summed E-state index contributed by atoms with van der Waals surface area (Å²) in [5, 5.41) is 15.7. The van der Waals surface area contributed by atoms with Crippen molar-refractivity contribution in [2.24, 2.45) is 16.0 Å². The maximum atomic E-state index is 12.5. The molecule has 33 heavy (non-hydrogen) atoms.